The first-order valence-corrected chi connectivity index (χ1v) is 15.8. The number of hydrogen-bond donors (Lipinski definition) is 2. The van der Waals surface area contributed by atoms with Gasteiger partial charge in [-0.05, 0) is 37.0 Å². The normalized spacial score (nSPS) is 21.0. The van der Waals surface area contributed by atoms with Crippen molar-refractivity contribution in [1.29, 1.82) is 0 Å². The summed E-state index contributed by atoms with van der Waals surface area (Å²) in [5.41, 5.74) is 1.08. The summed E-state index contributed by atoms with van der Waals surface area (Å²) in [5.74, 6) is -3.25. The molecule has 1 fully saturated rings. The molecule has 2 aromatic rings. The second-order valence-electron chi connectivity index (χ2n) is 10.8. The third kappa shape index (κ3) is 5.51. The molecule has 2 aliphatic rings. The van der Waals surface area contributed by atoms with Gasteiger partial charge in [0.2, 0.25) is 11.8 Å². The number of halogens is 2. The molecule has 0 unspecified atom stereocenters. The number of aliphatic carboxylic acids is 1. The van der Waals surface area contributed by atoms with Gasteiger partial charge in [0.1, 0.15) is 17.7 Å². The van der Waals surface area contributed by atoms with E-state index in [1.54, 1.807) is 12.1 Å². The van der Waals surface area contributed by atoms with Crippen molar-refractivity contribution in [2.24, 2.45) is 11.8 Å². The largest absolute Gasteiger partial charge is 0.481 e. The van der Waals surface area contributed by atoms with Gasteiger partial charge in [0.15, 0.2) is 0 Å². The molecule has 1 aromatic heterocycles. The number of fused-ring (bicyclic) bond motifs is 1. The molecule has 198 valence electrons. The molecule has 2 amide bonds. The van der Waals surface area contributed by atoms with Crippen LogP contribution in [0, 0.1) is 23.5 Å². The Balaban J connectivity index is 1.62. The molecule has 0 spiro atoms. The molecule has 1 aromatic carbocycles. The number of methoxy groups -OCH3 is 1. The van der Waals surface area contributed by atoms with Gasteiger partial charge in [0.25, 0.3) is 5.91 Å². The number of rotatable bonds is 7. The van der Waals surface area contributed by atoms with Crippen LogP contribution in [0.15, 0.2) is 24.3 Å². The number of carbonyl (C=O) groups is 3. The average Bonchev–Trinajstić information content (AvgIpc) is 2.77. The quantitative estimate of drug-likeness (QED) is 0.530. The van der Waals surface area contributed by atoms with Crippen molar-refractivity contribution in [3.63, 3.8) is 0 Å². The van der Waals surface area contributed by atoms with E-state index >= 15 is 0 Å². The molecule has 2 N–H and O–H groups in total. The van der Waals surface area contributed by atoms with Crippen molar-refractivity contribution in [3.8, 4) is 5.88 Å². The Kier molecular flexibility index (Phi) is 7.36. The fraction of sp³-hybridized carbons (Fsp3) is 0.462. The molecule has 0 radical (unpaired) electrons. The van der Waals surface area contributed by atoms with Crippen molar-refractivity contribution in [1.82, 2.24) is 9.88 Å². The van der Waals surface area contributed by atoms with E-state index in [4.69, 9.17) is 9.84 Å². The number of amides is 2. The van der Waals surface area contributed by atoms with Gasteiger partial charge in [-0.2, -0.15) is 0 Å². The fourth-order valence-electron chi connectivity index (χ4n) is 5.26. The summed E-state index contributed by atoms with van der Waals surface area (Å²) in [6.07, 6.45) is 1.29. The lowest BCUT2D eigenvalue weighted by Crippen LogP contribution is -2.50. The van der Waals surface area contributed by atoms with Crippen molar-refractivity contribution < 1.29 is 33.0 Å². The van der Waals surface area contributed by atoms with Crippen molar-refractivity contribution in [2.75, 3.05) is 19.0 Å². The maximum atomic E-state index is 14.8. The molecule has 37 heavy (non-hydrogen) atoms. The highest BCUT2D eigenvalue weighted by Crippen LogP contribution is 2.40. The van der Waals surface area contributed by atoms with Crippen LogP contribution in [0.4, 0.5) is 14.5 Å². The fourth-order valence-corrected chi connectivity index (χ4v) is 6.83. The molecule has 1 saturated carbocycles. The Bertz CT molecular complexity index is 1220. The van der Waals surface area contributed by atoms with E-state index < -0.39 is 37.6 Å². The third-order valence-electron chi connectivity index (χ3n) is 7.03. The SMILES string of the molecule is COc1ccc2c(n1)CCN(C(=O)[C@H]1C[C@H](CC(=O)O)C1)[C@H]2C(=O)Nc1cc(F)c([Si](C)(C)C)c(F)c1. The van der Waals surface area contributed by atoms with Crippen LogP contribution < -0.4 is 15.2 Å². The van der Waals surface area contributed by atoms with Gasteiger partial charge in [-0.15, -0.1) is 0 Å². The summed E-state index contributed by atoms with van der Waals surface area (Å²) in [4.78, 5) is 43.9. The highest BCUT2D eigenvalue weighted by molar-refractivity contribution is 6.88. The smallest absolute Gasteiger partial charge is 0.303 e. The number of carbonyl (C=O) groups excluding carboxylic acids is 2. The minimum absolute atomic E-state index is 0.00475. The van der Waals surface area contributed by atoms with E-state index in [-0.39, 0.29) is 41.6 Å². The van der Waals surface area contributed by atoms with Gasteiger partial charge < -0.3 is 20.1 Å². The van der Waals surface area contributed by atoms with E-state index in [9.17, 15) is 23.2 Å². The summed E-state index contributed by atoms with van der Waals surface area (Å²) in [5, 5.41) is 11.7. The van der Waals surface area contributed by atoms with Crippen LogP contribution in [0.5, 0.6) is 5.88 Å². The van der Waals surface area contributed by atoms with Crippen LogP contribution in [0.3, 0.4) is 0 Å². The first-order valence-electron chi connectivity index (χ1n) is 12.3. The molecule has 2 heterocycles. The number of aromatic nitrogens is 1. The Morgan fingerprint density at radius 2 is 1.81 bits per heavy atom. The van der Waals surface area contributed by atoms with Gasteiger partial charge in [0.05, 0.1) is 20.9 Å². The molecule has 1 atom stereocenters. The second-order valence-corrected chi connectivity index (χ2v) is 15.8. The van der Waals surface area contributed by atoms with Crippen LogP contribution in [-0.2, 0) is 20.8 Å². The molecule has 0 bridgehead atoms. The highest BCUT2D eigenvalue weighted by Gasteiger charge is 2.43. The summed E-state index contributed by atoms with van der Waals surface area (Å²) in [6.45, 7) is 5.72. The molecule has 11 heteroatoms. The molecule has 1 aliphatic heterocycles. The van der Waals surface area contributed by atoms with E-state index in [2.05, 4.69) is 10.3 Å². The van der Waals surface area contributed by atoms with Gasteiger partial charge in [-0.3, -0.25) is 14.4 Å². The van der Waals surface area contributed by atoms with E-state index in [1.165, 1.54) is 12.0 Å². The lowest BCUT2D eigenvalue weighted by atomic mass is 9.72. The maximum absolute atomic E-state index is 14.8. The monoisotopic (exact) mass is 531 g/mol. The van der Waals surface area contributed by atoms with Crippen molar-refractivity contribution >= 4 is 36.7 Å². The maximum Gasteiger partial charge on any atom is 0.303 e. The summed E-state index contributed by atoms with van der Waals surface area (Å²) in [6, 6.07) is 4.43. The number of carboxylic acids is 1. The zero-order chi connectivity index (χ0) is 27.1. The van der Waals surface area contributed by atoms with Gasteiger partial charge in [-0.25, -0.2) is 13.8 Å². The minimum Gasteiger partial charge on any atom is -0.481 e. The van der Waals surface area contributed by atoms with Gasteiger partial charge >= 0.3 is 5.97 Å². The third-order valence-corrected chi connectivity index (χ3v) is 9.01. The highest BCUT2D eigenvalue weighted by atomic mass is 28.3. The van der Waals surface area contributed by atoms with Crippen LogP contribution in [0.2, 0.25) is 19.6 Å². The van der Waals surface area contributed by atoms with Crippen LogP contribution in [0.25, 0.3) is 0 Å². The number of anilines is 1. The van der Waals surface area contributed by atoms with Crippen LogP contribution >= 0.6 is 0 Å². The summed E-state index contributed by atoms with van der Waals surface area (Å²) < 4.78 is 34.9. The van der Waals surface area contributed by atoms with Crippen LogP contribution in [0.1, 0.15) is 36.6 Å². The van der Waals surface area contributed by atoms with E-state index in [0.717, 1.165) is 12.1 Å². The number of pyridine rings is 1. The van der Waals surface area contributed by atoms with Crippen molar-refractivity contribution in [2.45, 2.75) is 51.4 Å². The van der Waals surface area contributed by atoms with Gasteiger partial charge in [-0.1, -0.05) is 19.6 Å². The number of carboxylic acid groups (broad SMARTS) is 1. The molecule has 4 rings (SSSR count). The lowest BCUT2D eigenvalue weighted by molar-refractivity contribution is -0.149. The molecule has 1 aliphatic carbocycles. The predicted molar refractivity (Wildman–Crippen MR) is 135 cm³/mol. The Morgan fingerprint density at radius 3 is 2.38 bits per heavy atom. The van der Waals surface area contributed by atoms with E-state index in [1.807, 2.05) is 19.6 Å². The molecular formula is C26H31F2N3O5Si. The first kappa shape index (κ1) is 26.7. The Labute approximate surface area is 215 Å². The molecule has 8 nitrogen and oxygen atoms in total. The minimum atomic E-state index is -2.30. The lowest BCUT2D eigenvalue weighted by Gasteiger charge is -2.41. The summed E-state index contributed by atoms with van der Waals surface area (Å²) >= 11 is 0. The Hall–Kier alpha value is -3.34. The van der Waals surface area contributed by atoms with Gasteiger partial charge in [0, 0.05) is 47.8 Å². The summed E-state index contributed by atoms with van der Waals surface area (Å²) in [7, 11) is -0.818. The zero-order valence-corrected chi connectivity index (χ0v) is 22.3. The average molecular weight is 532 g/mol. The zero-order valence-electron chi connectivity index (χ0n) is 21.3. The standard InChI is InChI=1S/C26H31F2N3O5Si/c1-36-21-6-5-17-20(30-21)7-8-31(26(35)15-9-14(10-15)11-22(32)33)23(17)25(34)29-16-12-18(27)24(19(28)13-16)37(2,3)4/h5-6,12-15,23H,7-11H2,1-4H3,(H,29,34)(H,32,33)/t14-,15-,23-/m1/s1. The van der Waals surface area contributed by atoms with Crippen molar-refractivity contribution in [3.05, 3.63) is 47.2 Å². The Morgan fingerprint density at radius 1 is 1.16 bits per heavy atom. The number of benzene rings is 1. The predicted octanol–water partition coefficient (Wildman–Crippen LogP) is 3.48. The number of hydrogen-bond acceptors (Lipinski definition) is 5. The van der Waals surface area contributed by atoms with Crippen LogP contribution in [-0.4, -0.2) is 54.5 Å². The number of ether oxygens (including phenoxy) is 1. The second kappa shape index (κ2) is 10.2. The molecule has 0 saturated heterocycles. The number of nitrogens with zero attached hydrogens (tertiary/aromatic N) is 2. The topological polar surface area (TPSA) is 109 Å². The van der Waals surface area contributed by atoms with E-state index in [0.29, 0.717) is 36.4 Å². The number of nitrogens with one attached hydrogen (secondary N) is 1. The molecular weight excluding hydrogens is 500 g/mol. The first-order chi connectivity index (χ1) is 17.4.